The Morgan fingerprint density at radius 2 is 1.94 bits per heavy atom. The van der Waals surface area contributed by atoms with Gasteiger partial charge in [-0.2, -0.15) is 0 Å². The van der Waals surface area contributed by atoms with Gasteiger partial charge in [-0.1, -0.05) is 36.4 Å². The second-order valence-electron chi connectivity index (χ2n) is 4.27. The molecule has 0 rings (SSSR count). The van der Waals surface area contributed by atoms with Crippen LogP contribution < -0.4 is 5.32 Å². The van der Waals surface area contributed by atoms with E-state index in [4.69, 9.17) is 5.11 Å². The van der Waals surface area contributed by atoms with Gasteiger partial charge in [0.05, 0.1) is 0 Å². The Hall–Kier alpha value is -0.880. The highest BCUT2D eigenvalue weighted by atomic mass is 79.9. The topological polar surface area (TPSA) is 86.6 Å². The first-order chi connectivity index (χ1) is 7.73. The van der Waals surface area contributed by atoms with Gasteiger partial charge >= 0.3 is 5.97 Å². The van der Waals surface area contributed by atoms with Gasteiger partial charge in [0.1, 0.15) is 12.1 Å². The first-order valence-electron chi connectivity index (χ1n) is 5.28. The minimum Gasteiger partial charge on any atom is -0.480 e. The molecule has 0 aliphatic carbocycles. The fraction of sp³-hybridized carbons (Fsp3) is 0.636. The lowest BCUT2D eigenvalue weighted by molar-refractivity contribution is -0.143. The lowest BCUT2D eigenvalue weighted by atomic mass is 10.1. The van der Waals surface area contributed by atoms with Crippen molar-refractivity contribution in [3.63, 3.8) is 0 Å². The summed E-state index contributed by atoms with van der Waals surface area (Å²) in [5.41, 5.74) is 0. The number of aliphatic hydroxyl groups is 1. The molecule has 0 aromatic carbocycles. The Labute approximate surface area is 109 Å². The van der Waals surface area contributed by atoms with E-state index in [1.165, 1.54) is 0 Å². The molecule has 0 aliphatic heterocycles. The van der Waals surface area contributed by atoms with Crippen LogP contribution in [0.3, 0.4) is 0 Å². The van der Waals surface area contributed by atoms with Crippen LogP contribution in [0.5, 0.6) is 0 Å². The number of halogens is 1. The summed E-state index contributed by atoms with van der Waals surface area (Å²) in [6.45, 7) is 7.25. The predicted octanol–water partition coefficient (Wildman–Crippen LogP) is 1.26. The maximum Gasteiger partial charge on any atom is 0.326 e. The Morgan fingerprint density at radius 1 is 1.41 bits per heavy atom. The van der Waals surface area contributed by atoms with Crippen LogP contribution in [0.4, 0.5) is 0 Å². The largest absolute Gasteiger partial charge is 0.480 e. The molecular formula is C11H18BrNO4. The smallest absolute Gasteiger partial charge is 0.326 e. The molecule has 98 valence electrons. The van der Waals surface area contributed by atoms with Gasteiger partial charge in [-0.15, -0.1) is 0 Å². The van der Waals surface area contributed by atoms with E-state index >= 15 is 0 Å². The van der Waals surface area contributed by atoms with E-state index < -0.39 is 24.0 Å². The van der Waals surface area contributed by atoms with Crippen molar-refractivity contribution in [2.75, 3.05) is 0 Å². The predicted molar refractivity (Wildman–Crippen MR) is 67.7 cm³/mol. The zero-order valence-corrected chi connectivity index (χ0v) is 11.5. The fourth-order valence-electron chi connectivity index (χ4n) is 1.24. The minimum atomic E-state index is -1.18. The third kappa shape index (κ3) is 7.12. The van der Waals surface area contributed by atoms with E-state index in [9.17, 15) is 14.7 Å². The SMILES string of the molecule is C=C(Br)C[C@H](NC(=O)[C@H](O)CC(C)C)C(=O)O. The molecule has 1 amide bonds. The summed E-state index contributed by atoms with van der Waals surface area (Å²) in [5, 5.41) is 20.7. The Morgan fingerprint density at radius 3 is 2.29 bits per heavy atom. The van der Waals surface area contributed by atoms with Crippen LogP contribution in [0.25, 0.3) is 0 Å². The Balaban J connectivity index is 4.39. The maximum atomic E-state index is 11.5. The molecule has 0 aromatic rings. The third-order valence-corrected chi connectivity index (χ3v) is 2.36. The van der Waals surface area contributed by atoms with Gasteiger partial charge in [0.2, 0.25) is 5.91 Å². The lowest BCUT2D eigenvalue weighted by Gasteiger charge is -2.17. The van der Waals surface area contributed by atoms with Crippen LogP contribution in [0.1, 0.15) is 26.7 Å². The van der Waals surface area contributed by atoms with Gasteiger partial charge in [-0.3, -0.25) is 4.79 Å². The Bertz CT molecular complexity index is 304. The van der Waals surface area contributed by atoms with Gasteiger partial charge in [-0.05, 0) is 16.8 Å². The molecule has 0 aromatic heterocycles. The van der Waals surface area contributed by atoms with Crippen molar-refractivity contribution in [1.82, 2.24) is 5.32 Å². The monoisotopic (exact) mass is 307 g/mol. The van der Waals surface area contributed by atoms with E-state index in [0.29, 0.717) is 10.9 Å². The zero-order valence-electron chi connectivity index (χ0n) is 9.94. The van der Waals surface area contributed by atoms with Gasteiger partial charge in [0.25, 0.3) is 0 Å². The van der Waals surface area contributed by atoms with Gasteiger partial charge < -0.3 is 15.5 Å². The molecule has 3 N–H and O–H groups in total. The number of hydrogen-bond acceptors (Lipinski definition) is 3. The molecule has 6 heteroatoms. The number of carboxylic acid groups (broad SMARTS) is 1. The van der Waals surface area contributed by atoms with E-state index in [1.807, 2.05) is 13.8 Å². The maximum absolute atomic E-state index is 11.5. The zero-order chi connectivity index (χ0) is 13.6. The average molecular weight is 308 g/mol. The van der Waals surface area contributed by atoms with Crippen molar-refractivity contribution < 1.29 is 19.8 Å². The van der Waals surface area contributed by atoms with Crippen LogP contribution in [-0.4, -0.2) is 34.2 Å². The number of aliphatic hydroxyl groups excluding tert-OH is 1. The van der Waals surface area contributed by atoms with E-state index in [-0.39, 0.29) is 12.3 Å². The summed E-state index contributed by atoms with van der Waals surface area (Å²) in [6.07, 6.45) is -0.802. The molecular weight excluding hydrogens is 290 g/mol. The van der Waals surface area contributed by atoms with Crippen LogP contribution in [0, 0.1) is 5.92 Å². The number of amides is 1. The highest BCUT2D eigenvalue weighted by molar-refractivity contribution is 9.11. The van der Waals surface area contributed by atoms with Crippen LogP contribution in [0.2, 0.25) is 0 Å². The third-order valence-electron chi connectivity index (χ3n) is 2.04. The van der Waals surface area contributed by atoms with Crippen molar-refractivity contribution in [3.8, 4) is 0 Å². The number of nitrogens with one attached hydrogen (secondary N) is 1. The average Bonchev–Trinajstić information content (AvgIpc) is 2.14. The Kier molecular flexibility index (Phi) is 7.06. The quantitative estimate of drug-likeness (QED) is 0.661. The molecule has 0 saturated heterocycles. The minimum absolute atomic E-state index is 0.0788. The summed E-state index contributed by atoms with van der Waals surface area (Å²) in [4.78, 5) is 22.4. The van der Waals surface area contributed by atoms with Crippen molar-refractivity contribution >= 4 is 27.8 Å². The van der Waals surface area contributed by atoms with E-state index in [0.717, 1.165) is 0 Å². The van der Waals surface area contributed by atoms with Crippen molar-refractivity contribution in [2.24, 2.45) is 5.92 Å². The van der Waals surface area contributed by atoms with Crippen molar-refractivity contribution in [2.45, 2.75) is 38.8 Å². The van der Waals surface area contributed by atoms with Crippen LogP contribution >= 0.6 is 15.9 Å². The second kappa shape index (κ2) is 7.45. The summed E-state index contributed by atoms with van der Waals surface area (Å²) in [7, 11) is 0. The molecule has 0 spiro atoms. The van der Waals surface area contributed by atoms with Crippen molar-refractivity contribution in [1.29, 1.82) is 0 Å². The lowest BCUT2D eigenvalue weighted by Crippen LogP contribution is -2.45. The number of carbonyl (C=O) groups excluding carboxylic acids is 1. The van der Waals surface area contributed by atoms with Gasteiger partial charge in [-0.25, -0.2) is 4.79 Å². The normalized spacial score (nSPS) is 14.2. The molecule has 0 heterocycles. The first kappa shape index (κ1) is 16.1. The summed E-state index contributed by atoms with van der Waals surface area (Å²) < 4.78 is 0.476. The first-order valence-corrected chi connectivity index (χ1v) is 6.07. The fourth-order valence-corrected chi connectivity index (χ4v) is 1.57. The summed E-state index contributed by atoms with van der Waals surface area (Å²) in [6, 6.07) is -1.07. The number of aliphatic carboxylic acids is 1. The number of carbonyl (C=O) groups is 2. The molecule has 0 saturated carbocycles. The molecule has 0 aliphatic rings. The van der Waals surface area contributed by atoms with Crippen LogP contribution in [-0.2, 0) is 9.59 Å². The van der Waals surface area contributed by atoms with Gasteiger partial charge in [0.15, 0.2) is 0 Å². The highest BCUT2D eigenvalue weighted by Crippen LogP contribution is 2.11. The molecule has 0 radical (unpaired) electrons. The van der Waals surface area contributed by atoms with E-state index in [2.05, 4.69) is 27.8 Å². The standard InChI is InChI=1S/C11H18BrNO4/c1-6(2)4-9(14)10(15)13-8(11(16)17)5-7(3)12/h6,8-9,14H,3-5H2,1-2H3,(H,13,15)(H,16,17)/t8-,9+/m0/s1. The van der Waals surface area contributed by atoms with E-state index in [1.54, 1.807) is 0 Å². The second-order valence-corrected chi connectivity index (χ2v) is 5.39. The number of hydrogen-bond donors (Lipinski definition) is 3. The van der Waals surface area contributed by atoms with Gasteiger partial charge in [0, 0.05) is 6.42 Å². The van der Waals surface area contributed by atoms with Crippen LogP contribution in [0.15, 0.2) is 11.1 Å². The summed E-state index contributed by atoms with van der Waals surface area (Å²) >= 11 is 3.04. The molecule has 0 fully saturated rings. The highest BCUT2D eigenvalue weighted by Gasteiger charge is 2.24. The number of rotatable bonds is 7. The molecule has 0 bridgehead atoms. The molecule has 17 heavy (non-hydrogen) atoms. The number of carboxylic acids is 1. The molecule has 5 nitrogen and oxygen atoms in total. The molecule has 2 atom stereocenters. The summed E-state index contributed by atoms with van der Waals surface area (Å²) in [5.74, 6) is -1.67. The van der Waals surface area contributed by atoms with Crippen molar-refractivity contribution in [3.05, 3.63) is 11.1 Å². The molecule has 0 unspecified atom stereocenters.